The van der Waals surface area contributed by atoms with Crippen molar-refractivity contribution in [2.24, 2.45) is 11.3 Å². The van der Waals surface area contributed by atoms with E-state index in [9.17, 15) is 5.11 Å². The zero-order valence-electron chi connectivity index (χ0n) is 11.3. The molecule has 0 amide bonds. The fourth-order valence-corrected chi connectivity index (χ4v) is 2.99. The smallest absolute Gasteiger partial charge is 0.0829 e. The second kappa shape index (κ2) is 3.83. The maximum Gasteiger partial charge on any atom is 0.0829 e. The molecule has 0 aliphatic heterocycles. The van der Waals surface area contributed by atoms with Crippen molar-refractivity contribution in [2.45, 2.75) is 33.3 Å². The van der Waals surface area contributed by atoms with Gasteiger partial charge in [0.15, 0.2) is 0 Å². The van der Waals surface area contributed by atoms with Crippen molar-refractivity contribution < 1.29 is 5.11 Å². The summed E-state index contributed by atoms with van der Waals surface area (Å²) in [5.74, 6) is 0.406. The number of aliphatic hydroxyl groups excluding tert-OH is 1. The molecule has 0 spiro atoms. The van der Waals surface area contributed by atoms with Crippen molar-refractivity contribution in [1.29, 1.82) is 0 Å². The molecule has 3 rings (SSSR count). The molecule has 1 aliphatic rings. The molecule has 94 valence electrons. The van der Waals surface area contributed by atoms with Crippen molar-refractivity contribution in [3.8, 4) is 0 Å². The molecule has 0 heterocycles. The summed E-state index contributed by atoms with van der Waals surface area (Å²) in [6, 6.07) is 12.6. The first-order chi connectivity index (χ1) is 8.50. The van der Waals surface area contributed by atoms with Crippen molar-refractivity contribution >= 4 is 10.8 Å². The van der Waals surface area contributed by atoms with E-state index >= 15 is 0 Å². The van der Waals surface area contributed by atoms with Crippen LogP contribution in [0.5, 0.6) is 0 Å². The molecule has 2 atom stereocenters. The fraction of sp³-hybridized carbons (Fsp3) is 0.412. The van der Waals surface area contributed by atoms with Crippen LogP contribution >= 0.6 is 0 Å². The Morgan fingerprint density at radius 2 is 1.72 bits per heavy atom. The third-order valence-corrected chi connectivity index (χ3v) is 4.47. The third-order valence-electron chi connectivity index (χ3n) is 4.47. The summed E-state index contributed by atoms with van der Waals surface area (Å²) in [6.07, 6.45) is 0.793. The second-order valence-electron chi connectivity index (χ2n) is 6.26. The van der Waals surface area contributed by atoms with Crippen LogP contribution in [0.3, 0.4) is 0 Å². The van der Waals surface area contributed by atoms with Crippen molar-refractivity contribution in [2.75, 3.05) is 0 Å². The normalized spacial score (nSPS) is 23.0. The van der Waals surface area contributed by atoms with Crippen LogP contribution in [0.2, 0.25) is 0 Å². The average molecular weight is 240 g/mol. The molecule has 0 saturated heterocycles. The first-order valence-electron chi connectivity index (χ1n) is 6.67. The van der Waals surface area contributed by atoms with Gasteiger partial charge in [0.25, 0.3) is 0 Å². The minimum Gasteiger partial charge on any atom is -0.388 e. The minimum atomic E-state index is -0.328. The van der Waals surface area contributed by atoms with Crippen LogP contribution in [-0.4, -0.2) is 5.11 Å². The summed E-state index contributed by atoms with van der Waals surface area (Å²) in [4.78, 5) is 0. The van der Waals surface area contributed by atoms with Gasteiger partial charge in [-0.05, 0) is 46.6 Å². The Morgan fingerprint density at radius 3 is 2.33 bits per heavy atom. The summed E-state index contributed by atoms with van der Waals surface area (Å²) in [5, 5.41) is 13.0. The van der Waals surface area contributed by atoms with Gasteiger partial charge in [-0.3, -0.25) is 0 Å². The van der Waals surface area contributed by atoms with Crippen molar-refractivity contribution in [3.05, 3.63) is 47.5 Å². The number of rotatable bonds is 2. The molecule has 1 N–H and O–H groups in total. The highest BCUT2D eigenvalue weighted by Crippen LogP contribution is 2.58. The van der Waals surface area contributed by atoms with Crippen LogP contribution in [0.1, 0.15) is 37.5 Å². The number of benzene rings is 2. The Bertz CT molecular complexity index is 598. The zero-order valence-corrected chi connectivity index (χ0v) is 11.3. The number of aliphatic hydroxyl groups is 1. The summed E-state index contributed by atoms with van der Waals surface area (Å²) >= 11 is 0. The molecular formula is C17H20O. The summed E-state index contributed by atoms with van der Waals surface area (Å²) in [7, 11) is 0. The average Bonchev–Trinajstić information content (AvgIpc) is 2.99. The summed E-state index contributed by atoms with van der Waals surface area (Å²) in [5.41, 5.74) is 2.66. The van der Waals surface area contributed by atoms with Gasteiger partial charge in [0, 0.05) is 0 Å². The molecule has 0 aromatic heterocycles. The number of aryl methyl sites for hydroxylation is 1. The molecule has 1 heteroatoms. The van der Waals surface area contributed by atoms with Gasteiger partial charge >= 0.3 is 0 Å². The second-order valence-corrected chi connectivity index (χ2v) is 6.26. The third kappa shape index (κ3) is 1.74. The van der Waals surface area contributed by atoms with E-state index in [2.05, 4.69) is 57.2 Å². The Morgan fingerprint density at radius 1 is 1.11 bits per heavy atom. The van der Waals surface area contributed by atoms with Gasteiger partial charge in [-0.25, -0.2) is 0 Å². The Balaban J connectivity index is 2.10. The molecule has 1 aliphatic carbocycles. The molecule has 0 bridgehead atoms. The van der Waals surface area contributed by atoms with Crippen LogP contribution in [-0.2, 0) is 0 Å². The SMILES string of the molecule is Cc1ccc(C(O)C2CC2(C)C)c2ccccc12. The van der Waals surface area contributed by atoms with Gasteiger partial charge in [-0.1, -0.05) is 50.2 Å². The van der Waals surface area contributed by atoms with Gasteiger partial charge in [0.1, 0.15) is 0 Å². The molecule has 2 aromatic rings. The molecule has 1 fully saturated rings. The van der Waals surface area contributed by atoms with Gasteiger partial charge in [-0.2, -0.15) is 0 Å². The molecule has 2 unspecified atom stereocenters. The number of hydrogen-bond donors (Lipinski definition) is 1. The van der Waals surface area contributed by atoms with E-state index in [0.717, 1.165) is 12.0 Å². The maximum atomic E-state index is 10.6. The molecule has 18 heavy (non-hydrogen) atoms. The van der Waals surface area contributed by atoms with E-state index in [0.29, 0.717) is 11.3 Å². The zero-order chi connectivity index (χ0) is 12.9. The molecular weight excluding hydrogens is 220 g/mol. The topological polar surface area (TPSA) is 20.2 Å². The van der Waals surface area contributed by atoms with Crippen LogP contribution in [0.25, 0.3) is 10.8 Å². The van der Waals surface area contributed by atoms with E-state index in [1.54, 1.807) is 0 Å². The lowest BCUT2D eigenvalue weighted by Gasteiger charge is -2.16. The van der Waals surface area contributed by atoms with Gasteiger partial charge < -0.3 is 5.11 Å². The largest absolute Gasteiger partial charge is 0.388 e. The van der Waals surface area contributed by atoms with Crippen LogP contribution < -0.4 is 0 Å². The standard InChI is InChI=1S/C17H20O/c1-11-8-9-14(13-7-5-4-6-12(11)13)16(18)15-10-17(15,2)3/h4-9,15-16,18H,10H2,1-3H3. The van der Waals surface area contributed by atoms with Gasteiger partial charge in [-0.15, -0.1) is 0 Å². The first kappa shape index (κ1) is 11.7. The van der Waals surface area contributed by atoms with Gasteiger partial charge in [0.2, 0.25) is 0 Å². The quantitative estimate of drug-likeness (QED) is 0.833. The predicted molar refractivity (Wildman–Crippen MR) is 75.5 cm³/mol. The molecule has 0 radical (unpaired) electrons. The fourth-order valence-electron chi connectivity index (χ4n) is 2.99. The predicted octanol–water partition coefficient (Wildman–Crippen LogP) is 4.23. The Labute approximate surface area is 108 Å². The van der Waals surface area contributed by atoms with E-state index in [1.807, 2.05) is 0 Å². The van der Waals surface area contributed by atoms with Crippen LogP contribution in [0.15, 0.2) is 36.4 Å². The highest BCUT2D eigenvalue weighted by molar-refractivity contribution is 5.88. The summed E-state index contributed by atoms with van der Waals surface area (Å²) in [6.45, 7) is 6.59. The molecule has 1 nitrogen and oxygen atoms in total. The van der Waals surface area contributed by atoms with Gasteiger partial charge in [0.05, 0.1) is 6.10 Å². The monoisotopic (exact) mass is 240 g/mol. The Hall–Kier alpha value is -1.34. The minimum absolute atomic E-state index is 0.297. The lowest BCUT2D eigenvalue weighted by Crippen LogP contribution is -2.05. The number of hydrogen-bond acceptors (Lipinski definition) is 1. The summed E-state index contributed by atoms with van der Waals surface area (Å²) < 4.78 is 0. The highest BCUT2D eigenvalue weighted by atomic mass is 16.3. The number of fused-ring (bicyclic) bond motifs is 1. The van der Waals surface area contributed by atoms with E-state index < -0.39 is 0 Å². The van der Waals surface area contributed by atoms with Crippen LogP contribution in [0.4, 0.5) is 0 Å². The maximum absolute atomic E-state index is 10.6. The first-order valence-corrected chi connectivity index (χ1v) is 6.67. The van der Waals surface area contributed by atoms with E-state index in [-0.39, 0.29) is 6.10 Å². The van der Waals surface area contributed by atoms with E-state index in [1.165, 1.54) is 16.3 Å². The lowest BCUT2D eigenvalue weighted by atomic mass is 9.93. The molecule has 1 saturated carbocycles. The van der Waals surface area contributed by atoms with Crippen molar-refractivity contribution in [1.82, 2.24) is 0 Å². The van der Waals surface area contributed by atoms with Crippen molar-refractivity contribution in [3.63, 3.8) is 0 Å². The molecule has 2 aromatic carbocycles. The highest BCUT2D eigenvalue weighted by Gasteiger charge is 2.50. The Kier molecular flexibility index (Phi) is 2.49. The lowest BCUT2D eigenvalue weighted by molar-refractivity contribution is 0.140. The van der Waals surface area contributed by atoms with Crippen LogP contribution in [0, 0.1) is 18.3 Å². The van der Waals surface area contributed by atoms with E-state index in [4.69, 9.17) is 0 Å².